The van der Waals surface area contributed by atoms with Crippen molar-refractivity contribution < 1.29 is 59.3 Å². The molecule has 1 amide bonds. The van der Waals surface area contributed by atoms with Gasteiger partial charge in [0.2, 0.25) is 0 Å². The third-order valence-electron chi connectivity index (χ3n) is 15.0. The first kappa shape index (κ1) is 74.9. The fourth-order valence-electron chi connectivity index (χ4n) is 11.1. The number of alkyl halides is 3. The molecular weight excluding hydrogens is 1390 g/mol. The first-order valence-electron chi connectivity index (χ1n) is 30.1. The molecule has 3 N–H and O–H groups in total. The molecule has 0 bridgehead atoms. The van der Waals surface area contributed by atoms with Gasteiger partial charge in [0.25, 0.3) is 0 Å². The smallest absolute Gasteiger partial charge is 0.0156 e. The first-order valence-corrected chi connectivity index (χ1v) is 41.0. The Hall–Kier alpha value is -4.80. The van der Waals surface area contributed by atoms with Crippen molar-refractivity contribution in [3.05, 3.63) is 183 Å². The van der Waals surface area contributed by atoms with Gasteiger partial charge in [-0.2, -0.15) is 13.3 Å². The standard InChI is InChI=1S/C27H39N2.C21H27N2.C12H12F3NO2.C11H12O2.4ClH.2Ru/c1-18(2)22-11-9-12-23(19(3)4)26(22)28-15-16-29(17-28)27-24(20(5)6)13-10-14-25(27)21(7)8;1-14-9-16(3)20(17(4)10-14)22-7-8-23(13-22)21-18(5)11-15(2)12-19(21)6;1-7(2)18-10-5-4-9(6-8(10)3)16-11(17)12(13,14)15;1-8-6-4-5-7-11(8)13-10(3)9(2)12;;;;;;/h9-14,17-21H,15-16H2,1-8H3;9-13H,7-8H2,1-6H3;3-7H,1-2H3,(H,16,17);1,4-7,10H,2-3H3;4*1H;;/q2*-1;;;;;;;2*+2/p-2. The zero-order valence-electron chi connectivity index (χ0n) is 54.8. The number of rotatable bonds is 16. The average molecular weight is 1480 g/mol. The van der Waals surface area contributed by atoms with Gasteiger partial charge in [-0.15, -0.1) is 0 Å². The summed E-state index contributed by atoms with van der Waals surface area (Å²) in [4.78, 5) is 31.9. The minimum absolute atomic E-state index is 0.000864. The molecule has 2 aliphatic heterocycles. The van der Waals surface area contributed by atoms with Gasteiger partial charge >= 0.3 is 241 Å². The van der Waals surface area contributed by atoms with E-state index in [0.717, 1.165) is 37.5 Å². The number of ether oxygens (including phenoxy) is 2. The zero-order chi connectivity index (χ0) is 66.4. The number of hydrogen-bond acceptors (Lipinski definition) is 6. The Morgan fingerprint density at radius 1 is 0.506 bits per heavy atom. The number of hydrogen-bond donors (Lipinski definition) is 1. The van der Waals surface area contributed by atoms with E-state index >= 15 is 0 Å². The molecule has 9 nitrogen and oxygen atoms in total. The van der Waals surface area contributed by atoms with E-state index in [0.29, 0.717) is 35.0 Å². The number of nitrogens with one attached hydrogen (secondary N) is 1. The summed E-state index contributed by atoms with van der Waals surface area (Å²) < 4.78 is 48.7. The third-order valence-corrected chi connectivity index (χ3v) is 18.7. The maximum atomic E-state index is 12.2. The third kappa shape index (κ3) is 21.6. The quantitative estimate of drug-likeness (QED) is 0.0450. The van der Waals surface area contributed by atoms with Crippen LogP contribution in [0.15, 0.2) is 103 Å². The summed E-state index contributed by atoms with van der Waals surface area (Å²) in [6, 6.07) is 34.6. The van der Waals surface area contributed by atoms with Gasteiger partial charge in [-0.05, 0) is 110 Å². The van der Waals surface area contributed by atoms with E-state index in [1.165, 1.54) is 104 Å². The fraction of sp³-hybridized carbons (Fsp3) is 0.408. The number of aliphatic hydroxyl groups is 2. The van der Waals surface area contributed by atoms with Crippen molar-refractivity contribution in [3.63, 3.8) is 0 Å². The summed E-state index contributed by atoms with van der Waals surface area (Å²) in [6.07, 6.45) is -5.28. The molecule has 0 spiro atoms. The molecule has 18 heteroatoms. The number of para-hydroxylation sites is 3. The Bertz CT molecular complexity index is 3220. The number of anilines is 5. The van der Waals surface area contributed by atoms with Crippen LogP contribution in [0.25, 0.3) is 0 Å². The number of ketones is 1. The van der Waals surface area contributed by atoms with E-state index in [4.69, 9.17) is 38.8 Å². The molecular formula is C71H92Cl4F3N5O4Ru2. The van der Waals surface area contributed by atoms with Crippen molar-refractivity contribution in [1.82, 2.24) is 0 Å². The maximum Gasteiger partial charge on any atom is 0.0156 e. The Labute approximate surface area is 555 Å². The molecule has 2 aliphatic rings. The number of Topliss-reactive ketones (excluding diaryl/α,β-unsaturated/α-hetero) is 1. The molecule has 1 atom stereocenters. The first-order chi connectivity index (χ1) is 41.7. The second-order valence-electron chi connectivity index (χ2n) is 24.2. The summed E-state index contributed by atoms with van der Waals surface area (Å²) >= 11 is -4.04. The van der Waals surface area contributed by atoms with Crippen LogP contribution < -0.4 is 24.9 Å². The predicted octanol–water partition coefficient (Wildman–Crippen LogP) is 19.5. The molecule has 0 saturated carbocycles. The van der Waals surface area contributed by atoms with Gasteiger partial charge < -0.3 is 19.6 Å². The van der Waals surface area contributed by atoms with E-state index in [2.05, 4.69) is 200 Å². The van der Waals surface area contributed by atoms with E-state index in [9.17, 15) is 22.8 Å². The molecule has 2 heterocycles. The van der Waals surface area contributed by atoms with Crippen molar-refractivity contribution in [2.45, 2.75) is 167 Å². The molecule has 490 valence electrons. The van der Waals surface area contributed by atoms with Crippen LogP contribution in [0.2, 0.25) is 0 Å². The minimum atomic E-state index is -4.94. The van der Waals surface area contributed by atoms with Crippen LogP contribution in [0.1, 0.15) is 174 Å². The summed E-state index contributed by atoms with van der Waals surface area (Å²) in [5.41, 5.74) is 20.9. The Kier molecular flexibility index (Phi) is 28.8. The van der Waals surface area contributed by atoms with Crippen molar-refractivity contribution in [2.75, 3.05) is 51.1 Å². The number of carbonyl (C=O) groups excluding carboxylic acids is 2. The normalized spacial score (nSPS) is 13.8. The van der Waals surface area contributed by atoms with Crippen LogP contribution >= 0.6 is 38.8 Å². The Morgan fingerprint density at radius 3 is 1.21 bits per heavy atom. The largest absolute Gasteiger partial charge is 0.502 e. The molecule has 2 fully saturated rings. The summed E-state index contributed by atoms with van der Waals surface area (Å²) in [5, 5.41) is 1.78. The van der Waals surface area contributed by atoms with Crippen molar-refractivity contribution in [2.24, 2.45) is 0 Å². The number of amides is 1. The molecule has 2 saturated heterocycles. The second-order valence-corrected chi connectivity index (χ2v) is 35.7. The number of benzene rings is 6. The van der Waals surface area contributed by atoms with Crippen LogP contribution in [0, 0.1) is 54.9 Å². The van der Waals surface area contributed by atoms with Gasteiger partial charge in [-0.3, -0.25) is 0 Å². The Balaban J connectivity index is 0.000000221. The predicted molar refractivity (Wildman–Crippen MR) is 368 cm³/mol. The van der Waals surface area contributed by atoms with Gasteiger partial charge in [-0.25, -0.2) is 0 Å². The molecule has 6 aromatic rings. The fourth-order valence-corrected chi connectivity index (χ4v) is 14.7. The van der Waals surface area contributed by atoms with E-state index in [-0.39, 0.29) is 23.7 Å². The molecule has 1 unspecified atom stereocenters. The van der Waals surface area contributed by atoms with Crippen LogP contribution in [-0.4, -0.2) is 74.9 Å². The van der Waals surface area contributed by atoms with Crippen molar-refractivity contribution in [1.29, 1.82) is 0 Å². The van der Waals surface area contributed by atoms with Crippen LogP contribution in [0.3, 0.4) is 0 Å². The minimum Gasteiger partial charge on any atom is -0.502 e. The van der Waals surface area contributed by atoms with Gasteiger partial charge in [0.15, 0.2) is 0 Å². The van der Waals surface area contributed by atoms with Crippen LogP contribution in [0.4, 0.5) is 41.6 Å². The number of nitrogens with zero attached hydrogens (tertiary/aromatic N) is 4. The summed E-state index contributed by atoms with van der Waals surface area (Å²) in [5.74, 6) is 1.40. The number of aromatic hydroxyl groups is 2. The number of carbonyl (C=O) groups is 2. The SMILES string of the molecule is CC(=O)C(C)[OH+]c1ccccc1[CH]=[Ru]([Cl])[Cl].CC(C)[OH+]c1ccc(NC(=O)C(F)(F)F)cc1[CH]=[Ru]([Cl])[Cl].CC(C)c1cccc(C(C)C)c1N1[CH-]N(c2c(C(C)C)cccc2C(C)C)CC1.Cc1cc(C)c(N2[CH-]N(c3c(C)cc(C)cc3C)CC2)c(C)c1. The maximum absolute atomic E-state index is 12.2. The molecule has 0 aromatic heterocycles. The number of aryl methyl sites for hydroxylation is 6. The van der Waals surface area contributed by atoms with Crippen molar-refractivity contribution >= 4 is 88.1 Å². The molecule has 89 heavy (non-hydrogen) atoms. The van der Waals surface area contributed by atoms with Gasteiger partial charge in [0, 0.05) is 48.9 Å². The number of halogens is 7. The summed E-state index contributed by atoms with van der Waals surface area (Å²) in [6.45, 7) is 47.5. The van der Waals surface area contributed by atoms with E-state index in [1.807, 2.05) is 42.7 Å². The average Bonchev–Trinajstić information content (AvgIpc) is 1.81. The van der Waals surface area contributed by atoms with E-state index in [1.54, 1.807) is 16.8 Å². The molecule has 0 radical (unpaired) electrons. The van der Waals surface area contributed by atoms with Crippen LogP contribution in [-0.2, 0) is 36.6 Å². The van der Waals surface area contributed by atoms with Gasteiger partial charge in [-0.1, -0.05) is 127 Å². The van der Waals surface area contributed by atoms with E-state index < -0.39 is 39.1 Å². The van der Waals surface area contributed by atoms with Gasteiger partial charge in [0.05, 0.1) is 0 Å². The monoisotopic (exact) mass is 1480 g/mol. The summed E-state index contributed by atoms with van der Waals surface area (Å²) in [7, 11) is 23.2. The Morgan fingerprint density at radius 2 is 0.865 bits per heavy atom. The van der Waals surface area contributed by atoms with Crippen molar-refractivity contribution in [3.8, 4) is 11.5 Å². The zero-order valence-corrected chi connectivity index (χ0v) is 61.3. The topological polar surface area (TPSA) is 84.7 Å². The van der Waals surface area contributed by atoms with Gasteiger partial charge in [0.1, 0.15) is 0 Å². The molecule has 8 rings (SSSR count). The molecule has 0 aliphatic carbocycles. The molecule has 6 aromatic carbocycles. The second kappa shape index (κ2) is 34.2. The van der Waals surface area contributed by atoms with Crippen LogP contribution in [0.5, 0.6) is 11.5 Å².